The minimum atomic E-state index is -0.0265. The van der Waals surface area contributed by atoms with Gasteiger partial charge in [0.25, 0.3) is 5.91 Å². The Labute approximate surface area is 168 Å². The highest BCUT2D eigenvalue weighted by molar-refractivity contribution is 6.30. The Morgan fingerprint density at radius 1 is 1.00 bits per heavy atom. The fourth-order valence-corrected chi connectivity index (χ4v) is 3.26. The van der Waals surface area contributed by atoms with Gasteiger partial charge < -0.3 is 14.4 Å². The van der Waals surface area contributed by atoms with Gasteiger partial charge in [-0.3, -0.25) is 9.78 Å². The van der Waals surface area contributed by atoms with Crippen LogP contribution in [0.1, 0.15) is 16.8 Å². The summed E-state index contributed by atoms with van der Waals surface area (Å²) in [6.45, 7) is 1.21. The second-order valence-corrected chi connectivity index (χ2v) is 6.98. The normalized spacial score (nSPS) is 16.0. The number of nitrogens with zero attached hydrogens (tertiary/aromatic N) is 2. The third kappa shape index (κ3) is 4.43. The van der Waals surface area contributed by atoms with Crippen LogP contribution in [0.15, 0.2) is 73.1 Å². The summed E-state index contributed by atoms with van der Waals surface area (Å²) in [4.78, 5) is 18.7. The number of halogens is 1. The predicted molar refractivity (Wildman–Crippen MR) is 107 cm³/mol. The van der Waals surface area contributed by atoms with Crippen molar-refractivity contribution in [3.8, 4) is 17.2 Å². The van der Waals surface area contributed by atoms with E-state index in [0.717, 1.165) is 12.2 Å². The molecule has 1 amide bonds. The molecule has 4 rings (SSSR count). The fourth-order valence-electron chi connectivity index (χ4n) is 3.13. The van der Waals surface area contributed by atoms with Crippen molar-refractivity contribution in [3.05, 3.63) is 83.6 Å². The maximum Gasteiger partial charge on any atom is 0.254 e. The quantitative estimate of drug-likeness (QED) is 0.622. The van der Waals surface area contributed by atoms with Crippen molar-refractivity contribution in [2.24, 2.45) is 0 Å². The van der Waals surface area contributed by atoms with Gasteiger partial charge in [0.05, 0.1) is 6.54 Å². The van der Waals surface area contributed by atoms with Gasteiger partial charge in [0, 0.05) is 35.9 Å². The lowest BCUT2D eigenvalue weighted by Gasteiger charge is -2.18. The van der Waals surface area contributed by atoms with E-state index < -0.39 is 0 Å². The Bertz CT molecular complexity index is 948. The largest absolute Gasteiger partial charge is 0.489 e. The molecule has 0 N–H and O–H groups in total. The van der Waals surface area contributed by atoms with Crippen molar-refractivity contribution in [2.45, 2.75) is 12.5 Å². The number of rotatable bonds is 5. The molecule has 0 radical (unpaired) electrons. The van der Waals surface area contributed by atoms with Gasteiger partial charge in [0.2, 0.25) is 0 Å². The van der Waals surface area contributed by atoms with Gasteiger partial charge in [0.15, 0.2) is 0 Å². The zero-order chi connectivity index (χ0) is 19.3. The number of amides is 1. The van der Waals surface area contributed by atoms with Crippen LogP contribution in [-0.4, -0.2) is 35.0 Å². The van der Waals surface area contributed by atoms with Gasteiger partial charge in [-0.2, -0.15) is 0 Å². The molecule has 6 heteroatoms. The van der Waals surface area contributed by atoms with Gasteiger partial charge in [-0.1, -0.05) is 17.7 Å². The zero-order valence-electron chi connectivity index (χ0n) is 15.1. The Balaban J connectivity index is 1.39. The van der Waals surface area contributed by atoms with Crippen molar-refractivity contribution < 1.29 is 14.3 Å². The van der Waals surface area contributed by atoms with E-state index in [1.54, 1.807) is 48.8 Å². The molecule has 0 spiro atoms. The summed E-state index contributed by atoms with van der Waals surface area (Å²) in [5.74, 6) is 2.03. The molecule has 3 aromatic rings. The molecule has 142 valence electrons. The van der Waals surface area contributed by atoms with E-state index in [1.807, 2.05) is 29.2 Å². The molecule has 0 bridgehead atoms. The van der Waals surface area contributed by atoms with Crippen LogP contribution >= 0.6 is 11.6 Å². The second kappa shape index (κ2) is 8.31. The van der Waals surface area contributed by atoms with Crippen LogP contribution in [0.5, 0.6) is 17.2 Å². The maximum absolute atomic E-state index is 12.9. The van der Waals surface area contributed by atoms with E-state index in [0.29, 0.717) is 35.2 Å². The lowest BCUT2D eigenvalue weighted by atomic mass is 10.2. The lowest BCUT2D eigenvalue weighted by Crippen LogP contribution is -2.30. The number of aromatic nitrogens is 1. The molecule has 5 nitrogen and oxygen atoms in total. The molecular weight excluding hydrogens is 376 g/mol. The lowest BCUT2D eigenvalue weighted by molar-refractivity contribution is 0.0772. The topological polar surface area (TPSA) is 51.7 Å². The first-order valence-corrected chi connectivity index (χ1v) is 9.44. The molecule has 28 heavy (non-hydrogen) atoms. The molecule has 1 fully saturated rings. The number of ether oxygens (including phenoxy) is 2. The van der Waals surface area contributed by atoms with E-state index >= 15 is 0 Å². The number of likely N-dealkylation sites (tertiary alicyclic amines) is 1. The van der Waals surface area contributed by atoms with E-state index in [1.165, 1.54) is 0 Å². The Morgan fingerprint density at radius 2 is 1.79 bits per heavy atom. The van der Waals surface area contributed by atoms with Gasteiger partial charge >= 0.3 is 0 Å². The van der Waals surface area contributed by atoms with Crippen molar-refractivity contribution in [3.63, 3.8) is 0 Å². The Hall–Kier alpha value is -3.05. The molecule has 1 atom stereocenters. The highest BCUT2D eigenvalue weighted by Crippen LogP contribution is 2.24. The summed E-state index contributed by atoms with van der Waals surface area (Å²) in [6.07, 6.45) is 4.09. The zero-order valence-corrected chi connectivity index (χ0v) is 15.9. The predicted octanol–water partition coefficient (Wildman–Crippen LogP) is 4.82. The van der Waals surface area contributed by atoms with E-state index in [4.69, 9.17) is 21.1 Å². The molecule has 1 aliphatic rings. The number of hydrogen-bond acceptors (Lipinski definition) is 4. The van der Waals surface area contributed by atoms with Gasteiger partial charge in [-0.15, -0.1) is 0 Å². The molecule has 1 aliphatic heterocycles. The third-order valence-corrected chi connectivity index (χ3v) is 4.77. The number of carbonyl (C=O) groups excluding carboxylic acids is 1. The molecule has 1 aromatic heterocycles. The van der Waals surface area contributed by atoms with Crippen molar-refractivity contribution in [2.75, 3.05) is 13.1 Å². The fraction of sp³-hybridized carbons (Fsp3) is 0.182. The smallest absolute Gasteiger partial charge is 0.254 e. The minimum absolute atomic E-state index is 0.0256. The van der Waals surface area contributed by atoms with Crippen LogP contribution in [0.3, 0.4) is 0 Å². The number of hydrogen-bond donors (Lipinski definition) is 0. The van der Waals surface area contributed by atoms with Crippen LogP contribution in [0.4, 0.5) is 0 Å². The van der Waals surface area contributed by atoms with Crippen LogP contribution in [0, 0.1) is 0 Å². The average molecular weight is 395 g/mol. The first-order valence-electron chi connectivity index (χ1n) is 9.07. The summed E-state index contributed by atoms with van der Waals surface area (Å²) < 4.78 is 11.8. The van der Waals surface area contributed by atoms with E-state index in [-0.39, 0.29) is 12.0 Å². The van der Waals surface area contributed by atoms with Gasteiger partial charge in [0.1, 0.15) is 23.4 Å². The van der Waals surface area contributed by atoms with E-state index in [2.05, 4.69) is 4.98 Å². The highest BCUT2D eigenvalue weighted by atomic mass is 35.5. The maximum atomic E-state index is 12.9. The monoisotopic (exact) mass is 394 g/mol. The Morgan fingerprint density at radius 3 is 2.57 bits per heavy atom. The van der Waals surface area contributed by atoms with Crippen LogP contribution in [0.25, 0.3) is 0 Å². The number of carbonyl (C=O) groups is 1. The summed E-state index contributed by atoms with van der Waals surface area (Å²) in [5, 5.41) is 0.671. The summed E-state index contributed by atoms with van der Waals surface area (Å²) in [7, 11) is 0. The SMILES string of the molecule is O=C(c1cccc(Oc2ccncc2)c1)N1CCC(Oc2ccc(Cl)cc2)C1. The molecule has 0 aliphatic carbocycles. The first-order chi connectivity index (χ1) is 13.7. The average Bonchev–Trinajstić information content (AvgIpc) is 3.19. The summed E-state index contributed by atoms with van der Waals surface area (Å²) in [6, 6.07) is 18.0. The van der Waals surface area contributed by atoms with Crippen LogP contribution in [-0.2, 0) is 0 Å². The first kappa shape index (κ1) is 18.3. The van der Waals surface area contributed by atoms with Crippen molar-refractivity contribution >= 4 is 17.5 Å². The standard InChI is InChI=1S/C22H19ClN2O3/c23-17-4-6-18(7-5-17)28-21-10-13-25(15-21)22(26)16-2-1-3-20(14-16)27-19-8-11-24-12-9-19/h1-9,11-12,14,21H,10,13,15H2. The van der Waals surface area contributed by atoms with Crippen molar-refractivity contribution in [1.29, 1.82) is 0 Å². The van der Waals surface area contributed by atoms with E-state index in [9.17, 15) is 4.79 Å². The second-order valence-electron chi connectivity index (χ2n) is 6.55. The third-order valence-electron chi connectivity index (χ3n) is 4.52. The minimum Gasteiger partial charge on any atom is -0.489 e. The number of benzene rings is 2. The molecular formula is C22H19ClN2O3. The summed E-state index contributed by atoms with van der Waals surface area (Å²) >= 11 is 5.90. The van der Waals surface area contributed by atoms with Gasteiger partial charge in [-0.25, -0.2) is 0 Å². The molecule has 1 unspecified atom stereocenters. The molecule has 2 aromatic carbocycles. The number of pyridine rings is 1. The van der Waals surface area contributed by atoms with Gasteiger partial charge in [-0.05, 0) is 54.6 Å². The Kier molecular flexibility index (Phi) is 5.44. The molecule has 2 heterocycles. The van der Waals surface area contributed by atoms with Crippen LogP contribution in [0.2, 0.25) is 5.02 Å². The highest BCUT2D eigenvalue weighted by Gasteiger charge is 2.28. The summed E-state index contributed by atoms with van der Waals surface area (Å²) in [5.41, 5.74) is 0.596. The van der Waals surface area contributed by atoms with Crippen LogP contribution < -0.4 is 9.47 Å². The molecule has 1 saturated heterocycles. The van der Waals surface area contributed by atoms with Crippen molar-refractivity contribution in [1.82, 2.24) is 9.88 Å². The molecule has 0 saturated carbocycles.